The summed E-state index contributed by atoms with van der Waals surface area (Å²) >= 11 is 0. The van der Waals surface area contributed by atoms with Gasteiger partial charge in [-0.15, -0.1) is 0 Å². The number of carbonyl (C=O) groups excluding carboxylic acids is 1. The Labute approximate surface area is 122 Å². The molecule has 20 heavy (non-hydrogen) atoms. The molecular formula is C17H18O2S. The normalized spacial score (nSPS) is 12.1. The van der Waals surface area contributed by atoms with E-state index in [0.717, 1.165) is 16.7 Å². The Morgan fingerprint density at radius 3 is 2.30 bits per heavy atom. The zero-order chi connectivity index (χ0) is 14.5. The minimum Gasteiger partial charge on any atom is -0.293 e. The van der Waals surface area contributed by atoms with Gasteiger partial charge in [-0.25, -0.2) is 0 Å². The molecule has 0 aromatic heterocycles. The lowest BCUT2D eigenvalue weighted by molar-refractivity contribution is 0.102. The van der Waals surface area contributed by atoms with Gasteiger partial charge in [0.2, 0.25) is 0 Å². The number of hydrogen-bond acceptors (Lipinski definition) is 2. The third-order valence-corrected chi connectivity index (χ3v) is 4.46. The van der Waals surface area contributed by atoms with E-state index in [0.29, 0.717) is 11.3 Å². The Morgan fingerprint density at radius 2 is 1.65 bits per heavy atom. The Hall–Kier alpha value is -1.74. The lowest BCUT2D eigenvalue weighted by Gasteiger charge is -2.05. The fourth-order valence-corrected chi connectivity index (χ4v) is 3.20. The maximum Gasteiger partial charge on any atom is 0.175 e. The lowest BCUT2D eigenvalue weighted by atomic mass is 10.1. The Bertz CT molecular complexity index is 630. The van der Waals surface area contributed by atoms with Crippen molar-refractivity contribution in [2.45, 2.75) is 19.6 Å². The van der Waals surface area contributed by atoms with Crippen LogP contribution in [0.15, 0.2) is 48.5 Å². The zero-order valence-corrected chi connectivity index (χ0v) is 12.6. The second-order valence-electron chi connectivity index (χ2n) is 4.94. The largest absolute Gasteiger partial charge is 0.293 e. The van der Waals surface area contributed by atoms with Crippen molar-refractivity contribution in [1.29, 1.82) is 0 Å². The average Bonchev–Trinajstić information content (AvgIpc) is 2.42. The summed E-state index contributed by atoms with van der Waals surface area (Å²) in [6, 6.07) is 15.2. The molecule has 2 nitrogen and oxygen atoms in total. The predicted octanol–water partition coefficient (Wildman–Crippen LogP) is 3.44. The van der Waals surface area contributed by atoms with Crippen LogP contribution in [0.4, 0.5) is 0 Å². The molecule has 0 radical (unpaired) electrons. The van der Waals surface area contributed by atoms with E-state index in [9.17, 15) is 9.00 Å². The van der Waals surface area contributed by atoms with Gasteiger partial charge in [0.25, 0.3) is 0 Å². The van der Waals surface area contributed by atoms with Crippen molar-refractivity contribution in [3.05, 3.63) is 70.8 Å². The molecule has 0 N–H and O–H groups in total. The van der Waals surface area contributed by atoms with Crippen LogP contribution < -0.4 is 0 Å². The first kappa shape index (κ1) is 14.7. The molecule has 0 amide bonds. The first-order chi connectivity index (χ1) is 9.56. The molecule has 0 aliphatic rings. The molecule has 1 atom stereocenters. The maximum absolute atomic E-state index is 12.1. The van der Waals surface area contributed by atoms with Gasteiger partial charge in [0.05, 0.1) is 5.75 Å². The summed E-state index contributed by atoms with van der Waals surface area (Å²) in [5, 5.41) is 0. The van der Waals surface area contributed by atoms with E-state index in [1.807, 2.05) is 50.2 Å². The highest BCUT2D eigenvalue weighted by Crippen LogP contribution is 2.11. The third kappa shape index (κ3) is 3.87. The molecule has 0 bridgehead atoms. The van der Waals surface area contributed by atoms with Gasteiger partial charge in [0.15, 0.2) is 5.78 Å². The molecule has 2 aromatic rings. The summed E-state index contributed by atoms with van der Waals surface area (Å²) in [7, 11) is -1.17. The van der Waals surface area contributed by atoms with E-state index in [1.54, 1.807) is 12.1 Å². The van der Waals surface area contributed by atoms with Crippen LogP contribution >= 0.6 is 0 Å². The molecule has 0 aliphatic heterocycles. The molecule has 0 saturated heterocycles. The van der Waals surface area contributed by atoms with Gasteiger partial charge in [-0.1, -0.05) is 54.1 Å². The van der Waals surface area contributed by atoms with E-state index in [-0.39, 0.29) is 11.5 Å². The van der Waals surface area contributed by atoms with Crippen LogP contribution in [0.3, 0.4) is 0 Å². The van der Waals surface area contributed by atoms with Crippen LogP contribution in [0, 0.1) is 13.8 Å². The van der Waals surface area contributed by atoms with Gasteiger partial charge in [0.1, 0.15) is 0 Å². The van der Waals surface area contributed by atoms with Crippen molar-refractivity contribution in [1.82, 2.24) is 0 Å². The monoisotopic (exact) mass is 286 g/mol. The smallest absolute Gasteiger partial charge is 0.175 e. The summed E-state index contributed by atoms with van der Waals surface area (Å²) in [4.78, 5) is 12.0. The molecular weight excluding hydrogens is 268 g/mol. The first-order valence-electron chi connectivity index (χ1n) is 6.55. The fraction of sp³-hybridized carbons (Fsp3) is 0.235. The summed E-state index contributed by atoms with van der Waals surface area (Å²) in [6.45, 7) is 3.97. The van der Waals surface area contributed by atoms with Gasteiger partial charge >= 0.3 is 0 Å². The van der Waals surface area contributed by atoms with E-state index in [4.69, 9.17) is 0 Å². The van der Waals surface area contributed by atoms with E-state index < -0.39 is 10.8 Å². The molecule has 2 rings (SSSR count). The molecule has 104 valence electrons. The third-order valence-electron chi connectivity index (χ3n) is 3.24. The van der Waals surface area contributed by atoms with E-state index in [1.165, 1.54) is 0 Å². The first-order valence-corrected chi connectivity index (χ1v) is 8.04. The van der Waals surface area contributed by atoms with Crippen molar-refractivity contribution < 1.29 is 9.00 Å². The molecule has 0 heterocycles. The molecule has 0 saturated carbocycles. The van der Waals surface area contributed by atoms with Crippen molar-refractivity contribution in [3.8, 4) is 0 Å². The van der Waals surface area contributed by atoms with E-state index in [2.05, 4.69) is 0 Å². The highest BCUT2D eigenvalue weighted by molar-refractivity contribution is 7.85. The number of hydrogen-bond donors (Lipinski definition) is 0. The van der Waals surface area contributed by atoms with Crippen molar-refractivity contribution >= 4 is 16.6 Å². The van der Waals surface area contributed by atoms with Crippen LogP contribution in [0.2, 0.25) is 0 Å². The molecule has 0 fully saturated rings. The molecule has 2 aromatic carbocycles. The second kappa shape index (κ2) is 6.62. The molecule has 0 aliphatic carbocycles. The van der Waals surface area contributed by atoms with Gasteiger partial charge in [-0.2, -0.15) is 0 Å². The Balaban J connectivity index is 2.00. The van der Waals surface area contributed by atoms with Crippen molar-refractivity contribution in [2.24, 2.45) is 0 Å². The van der Waals surface area contributed by atoms with Crippen LogP contribution in [-0.4, -0.2) is 15.7 Å². The van der Waals surface area contributed by atoms with Crippen LogP contribution in [-0.2, 0) is 16.6 Å². The number of ketones is 1. The average molecular weight is 286 g/mol. The minimum absolute atomic E-state index is 0.0584. The number of benzene rings is 2. The highest BCUT2D eigenvalue weighted by atomic mass is 32.2. The summed E-state index contributed by atoms with van der Waals surface area (Å²) in [5.74, 6) is 0.457. The summed E-state index contributed by atoms with van der Waals surface area (Å²) < 4.78 is 12.1. The number of aryl methyl sites for hydroxylation is 2. The van der Waals surface area contributed by atoms with E-state index >= 15 is 0 Å². The molecule has 1 unspecified atom stereocenters. The Kier molecular flexibility index (Phi) is 4.85. The molecule has 3 heteroatoms. The lowest BCUT2D eigenvalue weighted by Crippen LogP contribution is -2.12. The predicted molar refractivity (Wildman–Crippen MR) is 83.4 cm³/mol. The van der Waals surface area contributed by atoms with Gasteiger partial charge < -0.3 is 0 Å². The maximum atomic E-state index is 12.1. The number of rotatable bonds is 5. The van der Waals surface area contributed by atoms with Crippen molar-refractivity contribution in [2.75, 3.05) is 5.75 Å². The van der Waals surface area contributed by atoms with Crippen LogP contribution in [0.5, 0.6) is 0 Å². The second-order valence-corrected chi connectivity index (χ2v) is 6.40. The molecule has 0 spiro atoms. The van der Waals surface area contributed by atoms with Gasteiger partial charge in [0, 0.05) is 22.1 Å². The summed E-state index contributed by atoms with van der Waals surface area (Å²) in [5.41, 5.74) is 3.91. The van der Waals surface area contributed by atoms with Gasteiger partial charge in [-0.3, -0.25) is 9.00 Å². The highest BCUT2D eigenvalue weighted by Gasteiger charge is 2.11. The van der Waals surface area contributed by atoms with Gasteiger partial charge in [-0.05, 0) is 25.0 Å². The number of Topliss-reactive ketones (excluding diaryl/α,β-unsaturated/α-hetero) is 1. The zero-order valence-electron chi connectivity index (χ0n) is 11.8. The quantitative estimate of drug-likeness (QED) is 0.789. The Morgan fingerprint density at radius 1 is 1.00 bits per heavy atom. The standard InChI is InChI=1S/C17H18O2S/c1-13-7-9-15(10-8-13)17(18)12-20(19)11-16-6-4-3-5-14(16)2/h3-10H,11-12H2,1-2H3. The number of carbonyl (C=O) groups is 1. The van der Waals surface area contributed by atoms with Crippen molar-refractivity contribution in [3.63, 3.8) is 0 Å². The van der Waals surface area contributed by atoms with Crippen LogP contribution in [0.1, 0.15) is 27.0 Å². The summed E-state index contributed by atoms with van der Waals surface area (Å²) in [6.07, 6.45) is 0. The minimum atomic E-state index is -1.17. The SMILES string of the molecule is Cc1ccc(C(=O)CS(=O)Cc2ccccc2C)cc1. The van der Waals surface area contributed by atoms with Crippen LogP contribution in [0.25, 0.3) is 0 Å². The topological polar surface area (TPSA) is 34.1 Å². The fourth-order valence-electron chi connectivity index (χ4n) is 1.97.